The molecule has 0 aromatic rings. The normalized spacial score (nSPS) is 25.4. The summed E-state index contributed by atoms with van der Waals surface area (Å²) >= 11 is 6.45. The Kier molecular flexibility index (Phi) is 3.07. The maximum atomic E-state index is 2.29. The molecule has 1 aliphatic heterocycles. The first-order chi connectivity index (χ1) is 3.39. The van der Waals surface area contributed by atoms with Gasteiger partial charge in [0.1, 0.15) is 0 Å². The Morgan fingerprint density at radius 2 is 1.86 bits per heavy atom. The van der Waals surface area contributed by atoms with Crippen LogP contribution in [0.2, 0.25) is 0 Å². The molecule has 7 heavy (non-hydrogen) atoms. The van der Waals surface area contributed by atoms with Gasteiger partial charge in [-0.1, -0.05) is 0 Å². The Morgan fingerprint density at radius 1 is 1.29 bits per heavy atom. The van der Waals surface area contributed by atoms with Crippen LogP contribution < -0.4 is 0 Å². The Morgan fingerprint density at radius 3 is 2.14 bits per heavy atom. The van der Waals surface area contributed by atoms with E-state index in [4.69, 9.17) is 0 Å². The average molecular weight is 126 g/mol. The molecule has 0 N–H and O–H groups in total. The Bertz CT molecular complexity index is 51.7. The molecule has 0 aliphatic carbocycles. The minimum absolute atomic E-state index is 0.869. The molecule has 1 fully saturated rings. The van der Waals surface area contributed by atoms with Crippen molar-refractivity contribution in [3.05, 3.63) is 0 Å². The molecule has 36 valence electrons. The summed E-state index contributed by atoms with van der Waals surface area (Å²) in [5.41, 5.74) is 0. The molecule has 0 amide bonds. The first kappa shape index (κ1) is 6.42. The molecule has 0 unspecified atom stereocenters. The zero-order valence-electron chi connectivity index (χ0n) is 4.52. The summed E-state index contributed by atoms with van der Waals surface area (Å²) in [6, 6.07) is 0. The number of thioether (sulfide) groups is 2. The van der Waals surface area contributed by atoms with Gasteiger partial charge >= 0.3 is 62.4 Å². The van der Waals surface area contributed by atoms with E-state index < -0.39 is 0 Å². The van der Waals surface area contributed by atoms with Gasteiger partial charge in [0, 0.05) is 0 Å². The minimum atomic E-state index is 0.869. The van der Waals surface area contributed by atoms with Gasteiger partial charge in [0.25, 0.3) is 0 Å². The van der Waals surface area contributed by atoms with E-state index >= 15 is 0 Å². The van der Waals surface area contributed by atoms with Gasteiger partial charge in [0.15, 0.2) is 0 Å². The van der Waals surface area contributed by atoms with Gasteiger partial charge in [0.2, 0.25) is 0 Å². The van der Waals surface area contributed by atoms with Crippen molar-refractivity contribution in [2.75, 3.05) is 11.5 Å². The quantitative estimate of drug-likeness (QED) is 0.449. The van der Waals surface area contributed by atoms with Gasteiger partial charge in [-0.05, 0) is 0 Å². The first-order valence-corrected chi connectivity index (χ1v) is 4.72. The molecule has 1 heterocycles. The molecule has 0 nitrogen and oxygen atoms in total. The van der Waals surface area contributed by atoms with Crippen LogP contribution >= 0.6 is 23.5 Å². The van der Waals surface area contributed by atoms with Crippen LogP contribution in [0.3, 0.4) is 0 Å². The van der Waals surface area contributed by atoms with Crippen molar-refractivity contribution >= 4 is 41.2 Å². The van der Waals surface area contributed by atoms with E-state index in [1.807, 2.05) is 0 Å². The summed E-state index contributed by atoms with van der Waals surface area (Å²) in [4.78, 5) is 0. The van der Waals surface area contributed by atoms with E-state index in [0.717, 1.165) is 3.26 Å². The van der Waals surface area contributed by atoms with Crippen LogP contribution in [0.25, 0.3) is 0 Å². The van der Waals surface area contributed by atoms with Crippen molar-refractivity contribution < 1.29 is 0 Å². The molecule has 3 heteroatoms. The second-order valence-electron chi connectivity index (χ2n) is 1.66. The fraction of sp³-hybridized carbons (Fsp3) is 1.00. The van der Waals surface area contributed by atoms with Gasteiger partial charge in [-0.15, -0.1) is 0 Å². The Labute approximate surface area is 62.4 Å². The predicted molar refractivity (Wildman–Crippen MR) is 39.1 cm³/mol. The van der Waals surface area contributed by atoms with Crippen LogP contribution in [0.4, 0.5) is 0 Å². The molecule has 1 aliphatic rings. The Balaban J connectivity index is 2.12. The molecule has 0 spiro atoms. The van der Waals surface area contributed by atoms with Crippen LogP contribution in [0.15, 0.2) is 0 Å². The topological polar surface area (TPSA) is 0 Å². The standard InChI is InChI=1S/C4H7S2.Li/c1-2-5-4-6-3-1;/h4H,1-3H2;. The van der Waals surface area contributed by atoms with Crippen LogP contribution in [-0.4, -0.2) is 32.5 Å². The first-order valence-electron chi connectivity index (χ1n) is 2.63. The molecule has 0 aromatic heterocycles. The molecule has 1 saturated heterocycles. The van der Waals surface area contributed by atoms with Crippen molar-refractivity contribution in [3.63, 3.8) is 0 Å². The molecular formula is C4H7LiS2. The molecule has 0 saturated carbocycles. The van der Waals surface area contributed by atoms with Crippen LogP contribution in [-0.2, 0) is 0 Å². The van der Waals surface area contributed by atoms with E-state index in [-0.39, 0.29) is 0 Å². The fourth-order valence-electron chi connectivity index (χ4n) is 0.606. The molecular weight excluding hydrogens is 119 g/mol. The Hall–Kier alpha value is 1.30. The monoisotopic (exact) mass is 126 g/mol. The van der Waals surface area contributed by atoms with Crippen molar-refractivity contribution in [1.29, 1.82) is 0 Å². The molecule has 0 atom stereocenters. The van der Waals surface area contributed by atoms with E-state index in [1.165, 1.54) is 17.9 Å². The molecule has 1 rings (SSSR count). The summed E-state index contributed by atoms with van der Waals surface area (Å²) in [5.74, 6) is 2.77. The van der Waals surface area contributed by atoms with E-state index in [2.05, 4.69) is 41.2 Å². The third kappa shape index (κ3) is 2.37. The van der Waals surface area contributed by atoms with E-state index in [0.29, 0.717) is 0 Å². The van der Waals surface area contributed by atoms with E-state index in [1.54, 1.807) is 0 Å². The van der Waals surface area contributed by atoms with Crippen LogP contribution in [0.5, 0.6) is 0 Å². The SMILES string of the molecule is [Li][CH]1SCCCS1. The maximum absolute atomic E-state index is 2.29. The van der Waals surface area contributed by atoms with E-state index in [9.17, 15) is 0 Å². The van der Waals surface area contributed by atoms with Crippen molar-refractivity contribution in [3.8, 4) is 0 Å². The van der Waals surface area contributed by atoms with Gasteiger partial charge in [-0.25, -0.2) is 0 Å². The molecule has 0 bridgehead atoms. The summed E-state index contributed by atoms with van der Waals surface area (Å²) in [7, 11) is 0. The third-order valence-corrected chi connectivity index (χ3v) is 3.80. The van der Waals surface area contributed by atoms with Crippen molar-refractivity contribution in [1.82, 2.24) is 0 Å². The second kappa shape index (κ2) is 3.35. The van der Waals surface area contributed by atoms with Crippen LogP contribution in [0, 0.1) is 0 Å². The zero-order valence-corrected chi connectivity index (χ0v) is 6.15. The zero-order chi connectivity index (χ0) is 5.11. The summed E-state index contributed by atoms with van der Waals surface area (Å²) in [6.45, 7) is 0. The number of rotatable bonds is 0. The van der Waals surface area contributed by atoms with Crippen molar-refractivity contribution in [2.24, 2.45) is 0 Å². The number of hydrogen-bond donors (Lipinski definition) is 0. The second-order valence-corrected chi connectivity index (χ2v) is 4.86. The van der Waals surface area contributed by atoms with Gasteiger partial charge in [-0.3, -0.25) is 0 Å². The van der Waals surface area contributed by atoms with Crippen LogP contribution in [0.1, 0.15) is 6.42 Å². The average Bonchev–Trinajstić information content (AvgIpc) is 1.69. The third-order valence-electron chi connectivity index (χ3n) is 0.994. The van der Waals surface area contributed by atoms with Gasteiger partial charge in [-0.2, -0.15) is 0 Å². The van der Waals surface area contributed by atoms with Gasteiger partial charge < -0.3 is 0 Å². The summed E-state index contributed by atoms with van der Waals surface area (Å²) in [5, 5.41) is 0. The van der Waals surface area contributed by atoms with Gasteiger partial charge in [0.05, 0.1) is 0 Å². The fourth-order valence-corrected chi connectivity index (χ4v) is 3.04. The number of hydrogen-bond acceptors (Lipinski definition) is 2. The predicted octanol–water partition coefficient (Wildman–Crippen LogP) is 1.31. The summed E-state index contributed by atoms with van der Waals surface area (Å²) in [6.07, 6.45) is 1.42. The molecule has 0 radical (unpaired) electrons. The van der Waals surface area contributed by atoms with Crippen molar-refractivity contribution in [2.45, 2.75) is 9.68 Å². The summed E-state index contributed by atoms with van der Waals surface area (Å²) < 4.78 is 0.869. The molecule has 0 aromatic carbocycles.